The molecule has 3 aliphatic rings. The van der Waals surface area contributed by atoms with Crippen molar-refractivity contribution in [3.8, 4) is 11.1 Å². The van der Waals surface area contributed by atoms with Crippen LogP contribution in [0.1, 0.15) is 46.6 Å². The molecule has 0 aromatic heterocycles. The third-order valence-corrected chi connectivity index (χ3v) is 7.86. The van der Waals surface area contributed by atoms with Crippen LogP contribution < -0.4 is 0 Å². The number of nitrogens with zero attached hydrogens (tertiary/aromatic N) is 1. The van der Waals surface area contributed by atoms with E-state index in [1.807, 2.05) is 17.0 Å². The van der Waals surface area contributed by atoms with Crippen molar-refractivity contribution >= 4 is 6.09 Å². The summed E-state index contributed by atoms with van der Waals surface area (Å²) >= 11 is 0. The predicted octanol–water partition coefficient (Wildman–Crippen LogP) is 5.30. The molecule has 35 heavy (non-hydrogen) atoms. The minimum Gasteiger partial charge on any atom is -0.448 e. The van der Waals surface area contributed by atoms with Crippen LogP contribution in [-0.2, 0) is 15.1 Å². The minimum absolute atomic E-state index is 0.0273. The predicted molar refractivity (Wildman–Crippen MR) is 134 cm³/mol. The molecule has 0 radical (unpaired) electrons. The van der Waals surface area contributed by atoms with E-state index in [1.165, 1.54) is 22.3 Å². The molecule has 2 saturated heterocycles. The molecule has 3 aromatic rings. The fourth-order valence-electron chi connectivity index (χ4n) is 6.42. The molecule has 6 rings (SSSR count). The number of benzene rings is 3. The largest absolute Gasteiger partial charge is 0.448 e. The summed E-state index contributed by atoms with van der Waals surface area (Å²) in [7, 11) is 0. The molecular formula is C30H31NO4. The smallest absolute Gasteiger partial charge is 0.410 e. The quantitative estimate of drug-likeness (QED) is 0.565. The zero-order valence-electron chi connectivity index (χ0n) is 20.2. The second-order valence-electron chi connectivity index (χ2n) is 10.4. The normalized spacial score (nSPS) is 25.2. The van der Waals surface area contributed by atoms with Crippen LogP contribution in [-0.4, -0.2) is 48.0 Å². The van der Waals surface area contributed by atoms with Gasteiger partial charge in [0.1, 0.15) is 6.61 Å². The van der Waals surface area contributed by atoms with Gasteiger partial charge in [-0.25, -0.2) is 4.79 Å². The molecule has 2 heterocycles. The lowest BCUT2D eigenvalue weighted by Crippen LogP contribution is -2.62. The van der Waals surface area contributed by atoms with Crippen molar-refractivity contribution in [3.05, 3.63) is 94.5 Å². The van der Waals surface area contributed by atoms with Crippen LogP contribution in [0.15, 0.2) is 66.7 Å². The molecule has 0 saturated carbocycles. The highest BCUT2D eigenvalue weighted by Crippen LogP contribution is 2.45. The number of aliphatic hydroxyl groups is 1. The first kappa shape index (κ1) is 22.3. The van der Waals surface area contributed by atoms with Gasteiger partial charge >= 0.3 is 6.09 Å². The monoisotopic (exact) mass is 469 g/mol. The lowest BCUT2D eigenvalue weighted by atomic mass is 9.76. The molecule has 5 heteroatoms. The highest BCUT2D eigenvalue weighted by molar-refractivity contribution is 5.79. The van der Waals surface area contributed by atoms with E-state index in [1.54, 1.807) is 0 Å². The van der Waals surface area contributed by atoms with E-state index < -0.39 is 5.60 Å². The summed E-state index contributed by atoms with van der Waals surface area (Å²) in [5.41, 5.74) is 7.05. The summed E-state index contributed by atoms with van der Waals surface area (Å²) in [6, 6.07) is 22.5. The van der Waals surface area contributed by atoms with Crippen LogP contribution in [0, 0.1) is 13.8 Å². The third kappa shape index (κ3) is 3.83. The lowest BCUT2D eigenvalue weighted by molar-refractivity contribution is -0.136. The fourth-order valence-corrected chi connectivity index (χ4v) is 6.42. The van der Waals surface area contributed by atoms with Crippen molar-refractivity contribution < 1.29 is 19.4 Å². The summed E-state index contributed by atoms with van der Waals surface area (Å²) in [4.78, 5) is 15.2. The molecule has 5 nitrogen and oxygen atoms in total. The van der Waals surface area contributed by atoms with Crippen LogP contribution in [0.4, 0.5) is 4.79 Å². The van der Waals surface area contributed by atoms with Gasteiger partial charge in [0.25, 0.3) is 0 Å². The van der Waals surface area contributed by atoms with Gasteiger partial charge in [-0.3, -0.25) is 4.90 Å². The summed E-state index contributed by atoms with van der Waals surface area (Å²) in [6.07, 6.45) is 0.570. The van der Waals surface area contributed by atoms with E-state index in [-0.39, 0.29) is 24.1 Å². The van der Waals surface area contributed by atoms with E-state index in [0.717, 1.165) is 16.7 Å². The first-order valence-electron chi connectivity index (χ1n) is 12.5. The van der Waals surface area contributed by atoms with Gasteiger partial charge in [-0.2, -0.15) is 0 Å². The second kappa shape index (κ2) is 8.51. The second-order valence-corrected chi connectivity index (χ2v) is 10.4. The fraction of sp³-hybridized carbons (Fsp3) is 0.367. The van der Waals surface area contributed by atoms with Crippen molar-refractivity contribution in [2.45, 2.75) is 50.3 Å². The number of carbonyl (C=O) groups is 1. The van der Waals surface area contributed by atoms with Crippen LogP contribution >= 0.6 is 0 Å². The maximum atomic E-state index is 13.4. The molecule has 2 bridgehead atoms. The maximum Gasteiger partial charge on any atom is 0.410 e. The number of hydrogen-bond donors (Lipinski definition) is 1. The highest BCUT2D eigenvalue weighted by Gasteiger charge is 2.49. The van der Waals surface area contributed by atoms with Gasteiger partial charge < -0.3 is 14.6 Å². The Labute approximate surface area is 206 Å². The lowest BCUT2D eigenvalue weighted by Gasteiger charge is -2.51. The van der Waals surface area contributed by atoms with E-state index in [9.17, 15) is 9.90 Å². The van der Waals surface area contributed by atoms with E-state index in [4.69, 9.17) is 9.47 Å². The van der Waals surface area contributed by atoms with E-state index >= 15 is 0 Å². The molecule has 2 atom stereocenters. The average Bonchev–Trinajstić information content (AvgIpc) is 3.15. The first-order valence-corrected chi connectivity index (χ1v) is 12.5. The number of ether oxygens (including phenoxy) is 2. The van der Waals surface area contributed by atoms with Gasteiger partial charge in [0.15, 0.2) is 0 Å². The molecule has 1 N–H and O–H groups in total. The van der Waals surface area contributed by atoms with E-state index in [2.05, 4.69) is 68.4 Å². The van der Waals surface area contributed by atoms with Crippen molar-refractivity contribution in [3.63, 3.8) is 0 Å². The molecule has 180 valence electrons. The number of amides is 1. The molecule has 2 fully saturated rings. The van der Waals surface area contributed by atoms with Gasteiger partial charge in [-0.15, -0.1) is 0 Å². The van der Waals surface area contributed by atoms with E-state index in [0.29, 0.717) is 32.7 Å². The molecule has 1 amide bonds. The van der Waals surface area contributed by atoms with Crippen LogP contribution in [0.3, 0.4) is 0 Å². The highest BCUT2D eigenvalue weighted by atomic mass is 16.6. The van der Waals surface area contributed by atoms with Gasteiger partial charge in [-0.1, -0.05) is 77.9 Å². The Balaban J connectivity index is 1.21. The standard InChI is InChI=1S/C30H31NO4/c1-19-11-20(2)13-21(12-19)30(33)14-22-16-34-17-23(15-30)31(22)29(32)35-18-28-26-9-5-3-7-24(26)25-8-4-6-10-27(25)28/h3-13,22-23,28,33H,14-18H2,1-2H3. The molecule has 2 aliphatic heterocycles. The molecule has 3 aromatic carbocycles. The molecule has 2 unspecified atom stereocenters. The summed E-state index contributed by atoms with van der Waals surface area (Å²) in [5, 5.41) is 11.7. The van der Waals surface area contributed by atoms with Crippen LogP contribution in [0.2, 0.25) is 0 Å². The Morgan fingerprint density at radius 1 is 0.943 bits per heavy atom. The zero-order valence-corrected chi connectivity index (χ0v) is 20.2. The van der Waals surface area contributed by atoms with Crippen LogP contribution in [0.25, 0.3) is 11.1 Å². The third-order valence-electron chi connectivity index (χ3n) is 7.86. The number of piperidine rings is 1. The Morgan fingerprint density at radius 2 is 1.49 bits per heavy atom. The molecule has 1 aliphatic carbocycles. The molecular weight excluding hydrogens is 438 g/mol. The Bertz CT molecular complexity index is 1210. The summed E-state index contributed by atoms with van der Waals surface area (Å²) in [6.45, 7) is 5.22. The van der Waals surface area contributed by atoms with Gasteiger partial charge in [0.05, 0.1) is 30.9 Å². The number of morpholine rings is 1. The number of hydrogen-bond acceptors (Lipinski definition) is 4. The number of fused-ring (bicyclic) bond motifs is 5. The average molecular weight is 470 g/mol. The Hall–Kier alpha value is -3.15. The Morgan fingerprint density at radius 3 is 2.06 bits per heavy atom. The van der Waals surface area contributed by atoms with Crippen molar-refractivity contribution in [1.82, 2.24) is 4.90 Å². The minimum atomic E-state index is -0.976. The van der Waals surface area contributed by atoms with Crippen molar-refractivity contribution in [1.29, 1.82) is 0 Å². The number of aryl methyl sites for hydroxylation is 2. The van der Waals surface area contributed by atoms with Crippen molar-refractivity contribution in [2.75, 3.05) is 19.8 Å². The zero-order chi connectivity index (χ0) is 24.2. The summed E-state index contributed by atoms with van der Waals surface area (Å²) in [5.74, 6) is 0.0273. The molecule has 0 spiro atoms. The van der Waals surface area contributed by atoms with Gasteiger partial charge in [0, 0.05) is 18.8 Å². The topological polar surface area (TPSA) is 59.0 Å². The first-order chi connectivity index (χ1) is 16.9. The van der Waals surface area contributed by atoms with Crippen LogP contribution in [0.5, 0.6) is 0 Å². The number of carbonyl (C=O) groups excluding carboxylic acids is 1. The van der Waals surface area contributed by atoms with Crippen molar-refractivity contribution in [2.24, 2.45) is 0 Å². The summed E-state index contributed by atoms with van der Waals surface area (Å²) < 4.78 is 11.8. The maximum absolute atomic E-state index is 13.4. The SMILES string of the molecule is Cc1cc(C)cc(C2(O)CC3COCC(C2)N3C(=O)OCC2c3ccccc3-c3ccccc32)c1. The van der Waals surface area contributed by atoms with Gasteiger partial charge in [0.2, 0.25) is 0 Å². The number of rotatable bonds is 3. The van der Waals surface area contributed by atoms with Gasteiger partial charge in [-0.05, 0) is 41.7 Å². The Kier molecular flexibility index (Phi) is 5.42.